The zero-order valence-electron chi connectivity index (χ0n) is 11.0. The van der Waals surface area contributed by atoms with Crippen LogP contribution in [0.4, 0.5) is 0 Å². The lowest BCUT2D eigenvalue weighted by molar-refractivity contribution is -0.114. The van der Waals surface area contributed by atoms with Gasteiger partial charge in [0.25, 0.3) is 0 Å². The largest absolute Gasteiger partial charge is 0.366 e. The number of carbonyl (C=O) groups is 1. The molecule has 0 radical (unpaired) electrons. The van der Waals surface area contributed by atoms with E-state index in [-0.39, 0.29) is 5.57 Å². The molecule has 0 saturated carbocycles. The minimum atomic E-state index is -0.539. The van der Waals surface area contributed by atoms with E-state index in [1.54, 1.807) is 6.08 Å². The molecule has 4 nitrogen and oxygen atoms in total. The van der Waals surface area contributed by atoms with Crippen LogP contribution < -0.4 is 17.0 Å². The molecule has 0 atom stereocenters. The highest BCUT2D eigenvalue weighted by atomic mass is 16.1. The molecule has 0 aromatic carbocycles. The summed E-state index contributed by atoms with van der Waals surface area (Å²) in [6.07, 6.45) is 4.46. The van der Waals surface area contributed by atoms with Crippen molar-refractivity contribution in [3.63, 3.8) is 0 Å². The topological polar surface area (TPSA) is 81.1 Å². The molecule has 17 heavy (non-hydrogen) atoms. The van der Waals surface area contributed by atoms with Gasteiger partial charge in [0.2, 0.25) is 5.91 Å². The molecule has 0 fully saturated rings. The number of carbonyl (C=O) groups excluding carboxylic acids is 1. The van der Waals surface area contributed by atoms with Crippen LogP contribution >= 0.6 is 0 Å². The minimum Gasteiger partial charge on any atom is -0.366 e. The van der Waals surface area contributed by atoms with Crippen molar-refractivity contribution in [2.45, 2.75) is 40.0 Å². The first-order valence-corrected chi connectivity index (χ1v) is 5.83. The highest BCUT2D eigenvalue weighted by Gasteiger charge is 2.08. The van der Waals surface area contributed by atoms with Crippen LogP contribution in [0.1, 0.15) is 40.0 Å². The van der Waals surface area contributed by atoms with Gasteiger partial charge in [-0.15, -0.1) is 0 Å². The van der Waals surface area contributed by atoms with Gasteiger partial charge in [-0.05, 0) is 31.4 Å². The molecule has 0 saturated heterocycles. The van der Waals surface area contributed by atoms with Gasteiger partial charge in [-0.3, -0.25) is 10.6 Å². The number of amides is 1. The van der Waals surface area contributed by atoms with E-state index in [4.69, 9.17) is 11.6 Å². The van der Waals surface area contributed by atoms with E-state index in [2.05, 4.69) is 32.8 Å². The molecular formula is C13H23N3O. The van der Waals surface area contributed by atoms with Gasteiger partial charge in [0.1, 0.15) is 0 Å². The maximum absolute atomic E-state index is 11.0. The van der Waals surface area contributed by atoms with Gasteiger partial charge in [0.05, 0.1) is 5.70 Å². The second-order valence-electron chi connectivity index (χ2n) is 3.95. The molecule has 1 amide bonds. The molecule has 0 aromatic heterocycles. The first-order chi connectivity index (χ1) is 7.97. The van der Waals surface area contributed by atoms with Gasteiger partial charge in [-0.25, -0.2) is 0 Å². The summed E-state index contributed by atoms with van der Waals surface area (Å²) in [7, 11) is 0. The zero-order valence-corrected chi connectivity index (χ0v) is 11.0. The molecule has 0 unspecified atom stereocenters. The Morgan fingerprint density at radius 2 is 2.00 bits per heavy atom. The molecule has 0 aromatic rings. The molecule has 96 valence electrons. The number of rotatable bonds is 7. The van der Waals surface area contributed by atoms with E-state index in [1.807, 2.05) is 0 Å². The van der Waals surface area contributed by atoms with Crippen LogP contribution in [0, 0.1) is 0 Å². The van der Waals surface area contributed by atoms with Gasteiger partial charge >= 0.3 is 0 Å². The van der Waals surface area contributed by atoms with E-state index in [0.717, 1.165) is 30.5 Å². The van der Waals surface area contributed by atoms with Crippen LogP contribution in [0.3, 0.4) is 0 Å². The summed E-state index contributed by atoms with van der Waals surface area (Å²) >= 11 is 0. The molecular weight excluding hydrogens is 214 g/mol. The molecule has 0 aliphatic heterocycles. The first kappa shape index (κ1) is 15.4. The average molecular weight is 237 g/mol. The van der Waals surface area contributed by atoms with Crippen LogP contribution in [-0.2, 0) is 4.79 Å². The van der Waals surface area contributed by atoms with Crippen molar-refractivity contribution in [3.05, 3.63) is 35.1 Å². The fourth-order valence-corrected chi connectivity index (χ4v) is 1.50. The van der Waals surface area contributed by atoms with Gasteiger partial charge in [0.15, 0.2) is 0 Å². The lowest BCUT2D eigenvalue weighted by Gasteiger charge is -2.14. The van der Waals surface area contributed by atoms with Gasteiger partial charge in [-0.2, -0.15) is 0 Å². The highest BCUT2D eigenvalue weighted by Crippen LogP contribution is 2.21. The normalized spacial score (nSPS) is 13.1. The summed E-state index contributed by atoms with van der Waals surface area (Å²) in [5, 5.41) is 0. The Balaban J connectivity index is 5.32. The molecule has 0 rings (SSSR count). The summed E-state index contributed by atoms with van der Waals surface area (Å²) in [5.74, 6) is 4.96. The standard InChI is InChI=1S/C13H23N3O/c1-5-7-11(9(3)6-2)12(16-15)8-10(4)13(14)17/h8,16H,4-7,15H2,1-3H3,(H2,14,17)/b11-9+,12-8+. The molecule has 5 N–H and O–H groups in total. The third kappa shape index (κ3) is 4.87. The summed E-state index contributed by atoms with van der Waals surface area (Å²) in [6.45, 7) is 9.84. The lowest BCUT2D eigenvalue weighted by atomic mass is 9.98. The number of nitrogens with one attached hydrogen (secondary N) is 1. The van der Waals surface area contributed by atoms with Crippen molar-refractivity contribution < 1.29 is 4.79 Å². The number of primary amides is 1. The van der Waals surface area contributed by atoms with E-state index in [0.29, 0.717) is 0 Å². The van der Waals surface area contributed by atoms with Crippen molar-refractivity contribution >= 4 is 5.91 Å². The van der Waals surface area contributed by atoms with E-state index >= 15 is 0 Å². The van der Waals surface area contributed by atoms with Gasteiger partial charge in [-0.1, -0.05) is 32.4 Å². The Bertz CT molecular complexity index is 354. The summed E-state index contributed by atoms with van der Waals surface area (Å²) in [6, 6.07) is 0. The predicted octanol–water partition coefficient (Wildman–Crippen LogP) is 1.90. The SMILES string of the molecule is C=C(/C=C(NN)\C(CCC)=C(/C)CC)C(N)=O. The molecule has 0 aliphatic rings. The second-order valence-corrected chi connectivity index (χ2v) is 3.95. The van der Waals surface area contributed by atoms with Crippen molar-refractivity contribution in [3.8, 4) is 0 Å². The van der Waals surface area contributed by atoms with Gasteiger partial charge in [0, 0.05) is 5.57 Å². The third-order valence-electron chi connectivity index (χ3n) is 2.66. The Kier molecular flexibility index (Phi) is 6.98. The Morgan fingerprint density at radius 1 is 1.41 bits per heavy atom. The number of hydrazine groups is 1. The predicted molar refractivity (Wildman–Crippen MR) is 71.6 cm³/mol. The molecule has 0 aliphatic carbocycles. The van der Waals surface area contributed by atoms with Crippen LogP contribution in [0.2, 0.25) is 0 Å². The Hall–Kier alpha value is -1.55. The van der Waals surface area contributed by atoms with E-state index < -0.39 is 5.91 Å². The van der Waals surface area contributed by atoms with Crippen LogP contribution in [-0.4, -0.2) is 5.91 Å². The lowest BCUT2D eigenvalue weighted by Crippen LogP contribution is -2.24. The van der Waals surface area contributed by atoms with E-state index in [1.165, 1.54) is 5.57 Å². The fourth-order valence-electron chi connectivity index (χ4n) is 1.50. The quantitative estimate of drug-likeness (QED) is 0.274. The maximum atomic E-state index is 11.0. The van der Waals surface area contributed by atoms with Crippen molar-refractivity contribution in [1.82, 2.24) is 5.43 Å². The van der Waals surface area contributed by atoms with Crippen molar-refractivity contribution in [2.24, 2.45) is 11.6 Å². The second kappa shape index (κ2) is 7.68. The van der Waals surface area contributed by atoms with Crippen LogP contribution in [0.25, 0.3) is 0 Å². The van der Waals surface area contributed by atoms with Crippen LogP contribution in [0.15, 0.2) is 35.1 Å². The monoisotopic (exact) mass is 237 g/mol. The number of hydrogen-bond acceptors (Lipinski definition) is 3. The molecule has 0 heterocycles. The maximum Gasteiger partial charge on any atom is 0.248 e. The number of allylic oxidation sites excluding steroid dienone is 2. The van der Waals surface area contributed by atoms with Crippen molar-refractivity contribution in [2.75, 3.05) is 0 Å². The summed E-state index contributed by atoms with van der Waals surface area (Å²) < 4.78 is 0. The smallest absolute Gasteiger partial charge is 0.248 e. The van der Waals surface area contributed by atoms with Crippen molar-refractivity contribution in [1.29, 1.82) is 0 Å². The average Bonchev–Trinajstić information content (AvgIpc) is 2.32. The molecule has 0 spiro atoms. The Morgan fingerprint density at radius 3 is 2.35 bits per heavy atom. The highest BCUT2D eigenvalue weighted by molar-refractivity contribution is 5.94. The Labute approximate surface area is 103 Å². The molecule has 0 bridgehead atoms. The number of hydrogen-bond donors (Lipinski definition) is 3. The third-order valence-corrected chi connectivity index (χ3v) is 2.66. The molecule has 4 heteroatoms. The van der Waals surface area contributed by atoms with Gasteiger partial charge < -0.3 is 11.2 Å². The summed E-state index contributed by atoms with van der Waals surface area (Å²) in [4.78, 5) is 11.0. The van der Waals surface area contributed by atoms with Crippen LogP contribution in [0.5, 0.6) is 0 Å². The van der Waals surface area contributed by atoms with E-state index in [9.17, 15) is 4.79 Å². The minimum absolute atomic E-state index is 0.246. The summed E-state index contributed by atoms with van der Waals surface area (Å²) in [5.41, 5.74) is 11.1. The fraction of sp³-hybridized carbons (Fsp3) is 0.462. The zero-order chi connectivity index (χ0) is 13.4. The number of nitrogens with two attached hydrogens (primary N) is 2. The first-order valence-electron chi connectivity index (χ1n) is 5.83.